The summed E-state index contributed by atoms with van der Waals surface area (Å²) in [5.41, 5.74) is 1.31. The molecule has 3 nitrogen and oxygen atoms in total. The maximum absolute atomic E-state index is 5.60. The molecule has 0 spiro atoms. The molecule has 0 saturated heterocycles. The molecule has 0 bridgehead atoms. The molecule has 0 radical (unpaired) electrons. The summed E-state index contributed by atoms with van der Waals surface area (Å²) in [5, 5.41) is 3.54. The van der Waals surface area contributed by atoms with E-state index < -0.39 is 0 Å². The lowest BCUT2D eigenvalue weighted by molar-refractivity contribution is 0.171. The molecular formula is C16H25NO2. The third-order valence-electron chi connectivity index (χ3n) is 3.78. The first-order valence-electron chi connectivity index (χ1n) is 7.42. The molecule has 0 unspecified atom stereocenters. The Bertz CT molecular complexity index is 388. The van der Waals surface area contributed by atoms with Crippen molar-refractivity contribution in [3.63, 3.8) is 0 Å². The molecule has 1 aliphatic rings. The molecule has 19 heavy (non-hydrogen) atoms. The topological polar surface area (TPSA) is 30.5 Å². The fourth-order valence-electron chi connectivity index (χ4n) is 2.36. The molecule has 0 amide bonds. The first kappa shape index (κ1) is 14.2. The van der Waals surface area contributed by atoms with Crippen LogP contribution in [0.2, 0.25) is 0 Å². The number of hydrogen-bond donors (Lipinski definition) is 1. The maximum atomic E-state index is 5.60. The van der Waals surface area contributed by atoms with Crippen LogP contribution in [0, 0.1) is 5.92 Å². The summed E-state index contributed by atoms with van der Waals surface area (Å²) < 4.78 is 11.1. The van der Waals surface area contributed by atoms with Gasteiger partial charge in [-0.05, 0) is 43.1 Å². The van der Waals surface area contributed by atoms with Crippen molar-refractivity contribution < 1.29 is 9.47 Å². The Morgan fingerprint density at radius 2 is 1.84 bits per heavy atom. The van der Waals surface area contributed by atoms with E-state index in [0.29, 0.717) is 13.2 Å². The average Bonchev–Trinajstić information content (AvgIpc) is 2.47. The predicted octanol–water partition coefficient (Wildman–Crippen LogP) is 3.03. The molecule has 0 atom stereocenters. The molecule has 0 fully saturated rings. The van der Waals surface area contributed by atoms with Gasteiger partial charge in [-0.3, -0.25) is 0 Å². The molecule has 1 heterocycles. The van der Waals surface area contributed by atoms with Crippen LogP contribution in [-0.4, -0.2) is 26.3 Å². The summed E-state index contributed by atoms with van der Waals surface area (Å²) in [5.74, 6) is 2.57. The standard InChI is InChI=1S/C16H25NO2/c1-3-13(4-2)12-17-8-7-14-5-6-15-16(11-14)19-10-9-18-15/h5-6,11,13,17H,3-4,7-10,12H2,1-2H3. The fourth-order valence-corrected chi connectivity index (χ4v) is 2.36. The lowest BCUT2D eigenvalue weighted by Crippen LogP contribution is -2.24. The fraction of sp³-hybridized carbons (Fsp3) is 0.625. The third-order valence-corrected chi connectivity index (χ3v) is 3.78. The second kappa shape index (κ2) is 7.39. The van der Waals surface area contributed by atoms with Crippen LogP contribution in [0.25, 0.3) is 0 Å². The second-order valence-corrected chi connectivity index (χ2v) is 5.11. The highest BCUT2D eigenvalue weighted by atomic mass is 16.6. The van der Waals surface area contributed by atoms with Crippen molar-refractivity contribution in [1.29, 1.82) is 0 Å². The van der Waals surface area contributed by atoms with Gasteiger partial charge in [0, 0.05) is 0 Å². The van der Waals surface area contributed by atoms with Crippen molar-refractivity contribution >= 4 is 0 Å². The largest absolute Gasteiger partial charge is 0.486 e. The van der Waals surface area contributed by atoms with E-state index in [1.807, 2.05) is 6.07 Å². The van der Waals surface area contributed by atoms with Gasteiger partial charge in [0.05, 0.1) is 0 Å². The number of hydrogen-bond acceptors (Lipinski definition) is 3. The van der Waals surface area contributed by atoms with Gasteiger partial charge in [0.1, 0.15) is 13.2 Å². The normalized spacial score (nSPS) is 13.8. The number of rotatable bonds is 7. The molecule has 3 heteroatoms. The maximum Gasteiger partial charge on any atom is 0.161 e. The van der Waals surface area contributed by atoms with Gasteiger partial charge in [0.25, 0.3) is 0 Å². The van der Waals surface area contributed by atoms with Crippen LogP contribution in [0.3, 0.4) is 0 Å². The Morgan fingerprint density at radius 3 is 2.58 bits per heavy atom. The van der Waals surface area contributed by atoms with E-state index in [-0.39, 0.29) is 0 Å². The van der Waals surface area contributed by atoms with Crippen LogP contribution in [0.4, 0.5) is 0 Å². The van der Waals surface area contributed by atoms with Crippen molar-refractivity contribution in [3.8, 4) is 11.5 Å². The minimum absolute atomic E-state index is 0.656. The summed E-state index contributed by atoms with van der Waals surface area (Å²) in [7, 11) is 0. The van der Waals surface area contributed by atoms with Gasteiger partial charge in [-0.25, -0.2) is 0 Å². The molecule has 1 aliphatic heterocycles. The van der Waals surface area contributed by atoms with Crippen LogP contribution in [0.1, 0.15) is 32.3 Å². The van der Waals surface area contributed by atoms with Crippen molar-refractivity contribution in [1.82, 2.24) is 5.32 Å². The van der Waals surface area contributed by atoms with E-state index in [1.165, 1.54) is 18.4 Å². The van der Waals surface area contributed by atoms with Crippen molar-refractivity contribution in [2.45, 2.75) is 33.1 Å². The van der Waals surface area contributed by atoms with E-state index >= 15 is 0 Å². The van der Waals surface area contributed by atoms with Gasteiger partial charge in [0.15, 0.2) is 11.5 Å². The molecule has 0 saturated carbocycles. The van der Waals surface area contributed by atoms with Crippen LogP contribution >= 0.6 is 0 Å². The van der Waals surface area contributed by atoms with E-state index in [2.05, 4.69) is 31.3 Å². The average molecular weight is 263 g/mol. The Hall–Kier alpha value is -1.22. The highest BCUT2D eigenvalue weighted by Crippen LogP contribution is 2.30. The zero-order valence-electron chi connectivity index (χ0n) is 12.1. The Morgan fingerprint density at radius 1 is 1.11 bits per heavy atom. The van der Waals surface area contributed by atoms with Crippen LogP contribution in [-0.2, 0) is 6.42 Å². The summed E-state index contributed by atoms with van der Waals surface area (Å²) >= 11 is 0. The van der Waals surface area contributed by atoms with E-state index in [1.54, 1.807) is 0 Å². The third kappa shape index (κ3) is 4.13. The van der Waals surface area contributed by atoms with Crippen LogP contribution in [0.5, 0.6) is 11.5 Å². The second-order valence-electron chi connectivity index (χ2n) is 5.11. The van der Waals surface area contributed by atoms with Crippen molar-refractivity contribution in [3.05, 3.63) is 23.8 Å². The first-order valence-corrected chi connectivity index (χ1v) is 7.42. The zero-order valence-corrected chi connectivity index (χ0v) is 12.1. The number of ether oxygens (including phenoxy) is 2. The minimum atomic E-state index is 0.656. The van der Waals surface area contributed by atoms with Gasteiger partial charge in [-0.1, -0.05) is 32.8 Å². The van der Waals surface area contributed by atoms with Gasteiger partial charge >= 0.3 is 0 Å². The molecule has 1 aromatic rings. The minimum Gasteiger partial charge on any atom is -0.486 e. The van der Waals surface area contributed by atoms with Crippen molar-refractivity contribution in [2.75, 3.05) is 26.3 Å². The van der Waals surface area contributed by atoms with E-state index in [0.717, 1.165) is 36.9 Å². The van der Waals surface area contributed by atoms with Crippen LogP contribution in [0.15, 0.2) is 18.2 Å². The molecule has 0 aliphatic carbocycles. The van der Waals surface area contributed by atoms with Gasteiger partial charge in [0.2, 0.25) is 0 Å². The molecule has 2 rings (SSSR count). The number of fused-ring (bicyclic) bond motifs is 1. The molecule has 1 aromatic carbocycles. The first-order chi connectivity index (χ1) is 9.33. The van der Waals surface area contributed by atoms with E-state index in [9.17, 15) is 0 Å². The monoisotopic (exact) mass is 263 g/mol. The zero-order chi connectivity index (χ0) is 13.5. The predicted molar refractivity (Wildman–Crippen MR) is 78.1 cm³/mol. The smallest absolute Gasteiger partial charge is 0.161 e. The summed E-state index contributed by atoms with van der Waals surface area (Å²) in [6.45, 7) is 7.98. The number of nitrogens with one attached hydrogen (secondary N) is 1. The number of benzene rings is 1. The molecule has 0 aromatic heterocycles. The summed E-state index contributed by atoms with van der Waals surface area (Å²) in [6, 6.07) is 6.25. The van der Waals surface area contributed by atoms with E-state index in [4.69, 9.17) is 9.47 Å². The van der Waals surface area contributed by atoms with Crippen molar-refractivity contribution in [2.24, 2.45) is 5.92 Å². The SMILES string of the molecule is CCC(CC)CNCCc1ccc2c(c1)OCCO2. The summed E-state index contributed by atoms with van der Waals surface area (Å²) in [4.78, 5) is 0. The summed E-state index contributed by atoms with van der Waals surface area (Å²) in [6.07, 6.45) is 3.55. The highest BCUT2D eigenvalue weighted by Gasteiger charge is 2.11. The van der Waals surface area contributed by atoms with Gasteiger partial charge < -0.3 is 14.8 Å². The van der Waals surface area contributed by atoms with Gasteiger partial charge in [-0.2, -0.15) is 0 Å². The quantitative estimate of drug-likeness (QED) is 0.767. The lowest BCUT2D eigenvalue weighted by atomic mass is 10.0. The Labute approximate surface area is 116 Å². The Kier molecular flexibility index (Phi) is 5.52. The van der Waals surface area contributed by atoms with Crippen LogP contribution < -0.4 is 14.8 Å². The Balaban J connectivity index is 1.77. The molecule has 106 valence electrons. The molecule has 1 N–H and O–H groups in total. The van der Waals surface area contributed by atoms with Gasteiger partial charge in [-0.15, -0.1) is 0 Å². The lowest BCUT2D eigenvalue weighted by Gasteiger charge is -2.19. The molecular weight excluding hydrogens is 238 g/mol. The highest BCUT2D eigenvalue weighted by molar-refractivity contribution is 5.43.